The van der Waals surface area contributed by atoms with Crippen LogP contribution in [0.25, 0.3) is 0 Å². The molecule has 1 heterocycles. The van der Waals surface area contributed by atoms with Gasteiger partial charge in [0.25, 0.3) is 0 Å². The molecule has 1 aromatic heterocycles. The van der Waals surface area contributed by atoms with Crippen LogP contribution in [0.15, 0.2) is 17.5 Å². The summed E-state index contributed by atoms with van der Waals surface area (Å²) in [6.07, 6.45) is -0.501. The van der Waals surface area contributed by atoms with Gasteiger partial charge in [-0.2, -0.15) is 0 Å². The van der Waals surface area contributed by atoms with Crippen molar-refractivity contribution in [2.24, 2.45) is 0 Å². The van der Waals surface area contributed by atoms with Gasteiger partial charge in [-0.1, -0.05) is 6.07 Å². The fourth-order valence-electron chi connectivity index (χ4n) is 1.35. The summed E-state index contributed by atoms with van der Waals surface area (Å²) in [5.41, 5.74) is 0. The van der Waals surface area contributed by atoms with Crippen molar-refractivity contribution in [3.8, 4) is 0 Å². The molecule has 5 nitrogen and oxygen atoms in total. The van der Waals surface area contributed by atoms with E-state index in [-0.39, 0.29) is 13.2 Å². The molecule has 0 fully saturated rings. The predicted molar refractivity (Wildman–Crippen MR) is 68.4 cm³/mol. The molecule has 6 heteroatoms. The first-order valence-electron chi connectivity index (χ1n) is 5.77. The average molecular weight is 271 g/mol. The molecule has 18 heavy (non-hydrogen) atoms. The third-order valence-corrected chi connectivity index (χ3v) is 2.94. The van der Waals surface area contributed by atoms with E-state index < -0.39 is 12.1 Å². The number of ether oxygens (including phenoxy) is 2. The largest absolute Gasteiger partial charge is 0.465 e. The zero-order valence-corrected chi connectivity index (χ0v) is 11.4. The third kappa shape index (κ3) is 4.75. The normalized spacial score (nSPS) is 9.89. The van der Waals surface area contributed by atoms with E-state index >= 15 is 0 Å². The number of carbonyl (C=O) groups is 2. The Balaban J connectivity index is 2.62. The minimum Gasteiger partial charge on any atom is -0.465 e. The first-order chi connectivity index (χ1) is 8.67. The molecule has 0 atom stereocenters. The molecule has 1 rings (SSSR count). The van der Waals surface area contributed by atoms with E-state index in [1.165, 1.54) is 16.2 Å². The van der Waals surface area contributed by atoms with Crippen LogP contribution in [0.4, 0.5) is 4.79 Å². The van der Waals surface area contributed by atoms with Gasteiger partial charge >= 0.3 is 12.1 Å². The van der Waals surface area contributed by atoms with Gasteiger partial charge in [0, 0.05) is 4.88 Å². The first kappa shape index (κ1) is 14.5. The lowest BCUT2D eigenvalue weighted by molar-refractivity contribution is -0.144. The molecule has 0 N–H and O–H groups in total. The Morgan fingerprint density at radius 2 is 2.00 bits per heavy atom. The lowest BCUT2D eigenvalue weighted by atomic mass is 10.4. The lowest BCUT2D eigenvalue weighted by Crippen LogP contribution is -2.36. The number of thiophene rings is 1. The van der Waals surface area contributed by atoms with E-state index in [4.69, 9.17) is 9.47 Å². The molecule has 0 unspecified atom stereocenters. The van der Waals surface area contributed by atoms with Gasteiger partial charge in [0.1, 0.15) is 6.54 Å². The number of hydrogen-bond donors (Lipinski definition) is 0. The van der Waals surface area contributed by atoms with Crippen LogP contribution < -0.4 is 0 Å². The average Bonchev–Trinajstić information content (AvgIpc) is 2.81. The van der Waals surface area contributed by atoms with Crippen molar-refractivity contribution in [3.63, 3.8) is 0 Å². The molecule has 0 saturated carbocycles. The van der Waals surface area contributed by atoms with Crippen molar-refractivity contribution in [3.05, 3.63) is 22.4 Å². The third-order valence-electron chi connectivity index (χ3n) is 2.08. The maximum Gasteiger partial charge on any atom is 0.410 e. The molecule has 0 saturated heterocycles. The summed E-state index contributed by atoms with van der Waals surface area (Å²) in [5.74, 6) is -0.429. The second kappa shape index (κ2) is 7.71. The topological polar surface area (TPSA) is 55.8 Å². The number of carbonyl (C=O) groups excluding carboxylic acids is 2. The zero-order chi connectivity index (χ0) is 13.4. The molecule has 0 aliphatic heterocycles. The van der Waals surface area contributed by atoms with Crippen molar-refractivity contribution < 1.29 is 19.1 Å². The molecule has 1 amide bonds. The van der Waals surface area contributed by atoms with Gasteiger partial charge in [0.05, 0.1) is 19.8 Å². The molecule has 100 valence electrons. The summed E-state index contributed by atoms with van der Waals surface area (Å²) in [6.45, 7) is 4.30. The molecular weight excluding hydrogens is 254 g/mol. The Morgan fingerprint density at radius 3 is 2.56 bits per heavy atom. The minimum atomic E-state index is -0.501. The molecule has 0 spiro atoms. The van der Waals surface area contributed by atoms with Gasteiger partial charge in [-0.25, -0.2) is 4.79 Å². The second-order valence-corrected chi connectivity index (χ2v) is 4.47. The van der Waals surface area contributed by atoms with Crippen LogP contribution in [0, 0.1) is 0 Å². The van der Waals surface area contributed by atoms with Gasteiger partial charge in [-0.15, -0.1) is 11.3 Å². The smallest absolute Gasteiger partial charge is 0.410 e. The quantitative estimate of drug-likeness (QED) is 0.745. The highest BCUT2D eigenvalue weighted by Crippen LogP contribution is 2.12. The summed E-state index contributed by atoms with van der Waals surface area (Å²) < 4.78 is 9.75. The molecule has 0 aliphatic rings. The fraction of sp³-hybridized carbons (Fsp3) is 0.500. The Kier molecular flexibility index (Phi) is 6.21. The lowest BCUT2D eigenvalue weighted by Gasteiger charge is -2.20. The fourth-order valence-corrected chi connectivity index (χ4v) is 2.07. The molecule has 1 aromatic rings. The summed E-state index contributed by atoms with van der Waals surface area (Å²) >= 11 is 1.53. The van der Waals surface area contributed by atoms with Gasteiger partial charge in [-0.05, 0) is 25.3 Å². The van der Waals surface area contributed by atoms with Crippen LogP contribution in [0.2, 0.25) is 0 Å². The van der Waals surface area contributed by atoms with Gasteiger partial charge in [-0.3, -0.25) is 9.69 Å². The summed E-state index contributed by atoms with van der Waals surface area (Å²) in [6, 6.07) is 3.80. The SMILES string of the molecule is CCOC(=O)CN(Cc1cccs1)C(=O)OCC. The number of esters is 1. The highest BCUT2D eigenvalue weighted by atomic mass is 32.1. The highest BCUT2D eigenvalue weighted by Gasteiger charge is 2.19. The first-order valence-corrected chi connectivity index (χ1v) is 6.65. The van der Waals surface area contributed by atoms with Gasteiger partial charge in [0.15, 0.2) is 0 Å². The summed E-state index contributed by atoms with van der Waals surface area (Å²) in [4.78, 5) is 25.5. The van der Waals surface area contributed by atoms with Crippen LogP contribution in [0.3, 0.4) is 0 Å². The van der Waals surface area contributed by atoms with E-state index in [0.717, 1.165) is 4.88 Å². The molecular formula is C12H17NO4S. The Hall–Kier alpha value is -1.56. The van der Waals surface area contributed by atoms with Crippen molar-refractivity contribution >= 4 is 23.4 Å². The van der Waals surface area contributed by atoms with Crippen LogP contribution in [0.1, 0.15) is 18.7 Å². The number of nitrogens with zero attached hydrogens (tertiary/aromatic N) is 1. The van der Waals surface area contributed by atoms with Crippen LogP contribution in [-0.4, -0.2) is 36.7 Å². The maximum atomic E-state index is 11.7. The standard InChI is InChI=1S/C12H17NO4S/c1-3-16-11(14)9-13(12(15)17-4-2)8-10-6-5-7-18-10/h5-7H,3-4,8-9H2,1-2H3. The molecule has 0 aromatic carbocycles. The van der Waals surface area contributed by atoms with Crippen LogP contribution in [-0.2, 0) is 20.8 Å². The highest BCUT2D eigenvalue weighted by molar-refractivity contribution is 7.09. The van der Waals surface area contributed by atoms with Crippen molar-refractivity contribution in [2.75, 3.05) is 19.8 Å². The van der Waals surface area contributed by atoms with Gasteiger partial charge in [0.2, 0.25) is 0 Å². The van der Waals surface area contributed by atoms with E-state index in [2.05, 4.69) is 0 Å². The molecule has 0 bridgehead atoms. The monoisotopic (exact) mass is 271 g/mol. The van der Waals surface area contributed by atoms with Gasteiger partial charge < -0.3 is 9.47 Å². The van der Waals surface area contributed by atoms with E-state index in [1.54, 1.807) is 13.8 Å². The van der Waals surface area contributed by atoms with E-state index in [1.807, 2.05) is 17.5 Å². The van der Waals surface area contributed by atoms with Crippen molar-refractivity contribution in [2.45, 2.75) is 20.4 Å². The molecule has 0 radical (unpaired) electrons. The number of hydrogen-bond acceptors (Lipinski definition) is 5. The van der Waals surface area contributed by atoms with Crippen molar-refractivity contribution in [1.29, 1.82) is 0 Å². The summed E-state index contributed by atoms with van der Waals surface area (Å²) in [5, 5.41) is 1.92. The Labute approximate surface area is 110 Å². The van der Waals surface area contributed by atoms with Crippen molar-refractivity contribution in [1.82, 2.24) is 4.90 Å². The van der Waals surface area contributed by atoms with Crippen LogP contribution in [0.5, 0.6) is 0 Å². The van der Waals surface area contributed by atoms with E-state index in [0.29, 0.717) is 13.2 Å². The Bertz CT molecular complexity index is 377. The Morgan fingerprint density at radius 1 is 1.28 bits per heavy atom. The zero-order valence-electron chi connectivity index (χ0n) is 10.5. The predicted octanol–water partition coefficient (Wildman–Crippen LogP) is 2.27. The minimum absolute atomic E-state index is 0.0927. The maximum absolute atomic E-state index is 11.7. The number of amides is 1. The number of rotatable bonds is 6. The molecule has 0 aliphatic carbocycles. The summed E-state index contributed by atoms with van der Waals surface area (Å²) in [7, 11) is 0. The second-order valence-electron chi connectivity index (χ2n) is 3.44. The van der Waals surface area contributed by atoms with E-state index in [9.17, 15) is 9.59 Å². The van der Waals surface area contributed by atoms with Crippen LogP contribution >= 0.6 is 11.3 Å².